The number of carboxylic acids is 1. The van der Waals surface area contributed by atoms with Crippen molar-refractivity contribution < 1.29 is 9.90 Å². The van der Waals surface area contributed by atoms with E-state index in [9.17, 15) is 9.90 Å². The smallest absolute Gasteiger partial charge is 0.310 e. The highest BCUT2D eigenvalue weighted by Crippen LogP contribution is 2.41. The molecule has 0 aromatic carbocycles. The van der Waals surface area contributed by atoms with Gasteiger partial charge in [0.2, 0.25) is 0 Å². The molecular formula is C16H30N2O2. The summed E-state index contributed by atoms with van der Waals surface area (Å²) in [6.07, 6.45) is 3.93. The van der Waals surface area contributed by atoms with Gasteiger partial charge in [-0.15, -0.1) is 0 Å². The number of likely N-dealkylation sites (N-methyl/N-ethyl adjacent to an activating group) is 1. The molecule has 1 N–H and O–H groups in total. The first kappa shape index (κ1) is 15.8. The van der Waals surface area contributed by atoms with E-state index in [-0.39, 0.29) is 5.54 Å². The van der Waals surface area contributed by atoms with E-state index in [2.05, 4.69) is 37.6 Å². The van der Waals surface area contributed by atoms with E-state index >= 15 is 0 Å². The Labute approximate surface area is 123 Å². The fourth-order valence-electron chi connectivity index (χ4n) is 3.97. The number of hydrogen-bond donors (Lipinski definition) is 1. The van der Waals surface area contributed by atoms with Crippen LogP contribution < -0.4 is 0 Å². The van der Waals surface area contributed by atoms with Crippen LogP contribution in [-0.4, -0.2) is 59.6 Å². The minimum absolute atomic E-state index is 0.137. The van der Waals surface area contributed by atoms with Gasteiger partial charge in [0.25, 0.3) is 0 Å². The van der Waals surface area contributed by atoms with Crippen molar-refractivity contribution in [2.45, 2.75) is 52.0 Å². The fraction of sp³-hybridized carbons (Fsp3) is 0.938. The second-order valence-electron chi connectivity index (χ2n) is 7.73. The lowest BCUT2D eigenvalue weighted by molar-refractivity contribution is -0.154. The summed E-state index contributed by atoms with van der Waals surface area (Å²) >= 11 is 0. The topological polar surface area (TPSA) is 43.8 Å². The Bertz CT molecular complexity index is 369. The summed E-state index contributed by atoms with van der Waals surface area (Å²) in [5.41, 5.74) is -0.373. The molecule has 2 rings (SSSR count). The van der Waals surface area contributed by atoms with E-state index in [0.29, 0.717) is 5.92 Å². The molecule has 0 amide bonds. The molecule has 0 aromatic heterocycles. The highest BCUT2D eigenvalue weighted by molar-refractivity contribution is 5.75. The molecule has 1 saturated heterocycles. The summed E-state index contributed by atoms with van der Waals surface area (Å²) in [7, 11) is 2.16. The Morgan fingerprint density at radius 3 is 2.60 bits per heavy atom. The molecule has 4 nitrogen and oxygen atoms in total. The Hall–Kier alpha value is -0.610. The molecule has 1 saturated carbocycles. The maximum absolute atomic E-state index is 11.9. The van der Waals surface area contributed by atoms with Crippen LogP contribution in [0, 0.1) is 11.3 Å². The summed E-state index contributed by atoms with van der Waals surface area (Å²) in [5, 5.41) is 9.78. The van der Waals surface area contributed by atoms with Gasteiger partial charge in [-0.05, 0) is 39.7 Å². The van der Waals surface area contributed by atoms with Crippen LogP contribution in [-0.2, 0) is 4.79 Å². The minimum Gasteiger partial charge on any atom is -0.481 e. The zero-order valence-corrected chi connectivity index (χ0v) is 13.5. The monoisotopic (exact) mass is 282 g/mol. The van der Waals surface area contributed by atoms with E-state index in [1.807, 2.05) is 0 Å². The standard InChI is InChI=1S/C16H30N2O2/c1-13-6-5-7-16(10-13,14(19)20)12-18-9-8-17(4)15(2,3)11-18/h13H,5-12H2,1-4H3,(H,19,20). The second kappa shape index (κ2) is 5.64. The van der Waals surface area contributed by atoms with Crippen LogP contribution in [0.4, 0.5) is 0 Å². The number of aliphatic carboxylic acids is 1. The van der Waals surface area contributed by atoms with Gasteiger partial charge in [-0.25, -0.2) is 0 Å². The maximum atomic E-state index is 11.9. The van der Waals surface area contributed by atoms with Crippen LogP contribution in [0.2, 0.25) is 0 Å². The highest BCUT2D eigenvalue weighted by atomic mass is 16.4. The zero-order chi connectivity index (χ0) is 15.0. The average Bonchev–Trinajstić information content (AvgIpc) is 2.33. The number of hydrogen-bond acceptors (Lipinski definition) is 3. The predicted octanol–water partition coefficient (Wildman–Crippen LogP) is 2.29. The Morgan fingerprint density at radius 2 is 2.05 bits per heavy atom. The molecule has 0 bridgehead atoms. The normalized spacial score (nSPS) is 35.9. The Balaban J connectivity index is 2.07. The molecule has 2 unspecified atom stereocenters. The van der Waals surface area contributed by atoms with Gasteiger partial charge < -0.3 is 5.11 Å². The molecule has 2 fully saturated rings. The van der Waals surface area contributed by atoms with Crippen LogP contribution >= 0.6 is 0 Å². The third kappa shape index (κ3) is 3.17. The van der Waals surface area contributed by atoms with Crippen molar-refractivity contribution in [2.24, 2.45) is 11.3 Å². The lowest BCUT2D eigenvalue weighted by Crippen LogP contribution is -2.60. The van der Waals surface area contributed by atoms with Crippen molar-refractivity contribution in [3.63, 3.8) is 0 Å². The van der Waals surface area contributed by atoms with E-state index in [4.69, 9.17) is 0 Å². The average molecular weight is 282 g/mol. The number of carboxylic acid groups (broad SMARTS) is 1. The van der Waals surface area contributed by atoms with E-state index in [1.54, 1.807) is 0 Å². The van der Waals surface area contributed by atoms with Crippen LogP contribution in [0.3, 0.4) is 0 Å². The van der Waals surface area contributed by atoms with E-state index < -0.39 is 11.4 Å². The zero-order valence-electron chi connectivity index (χ0n) is 13.5. The molecule has 0 aromatic rings. The van der Waals surface area contributed by atoms with Crippen LogP contribution in [0.15, 0.2) is 0 Å². The molecule has 2 atom stereocenters. The van der Waals surface area contributed by atoms with Crippen molar-refractivity contribution in [1.82, 2.24) is 9.80 Å². The van der Waals surface area contributed by atoms with Crippen LogP contribution in [0.5, 0.6) is 0 Å². The van der Waals surface area contributed by atoms with Gasteiger partial charge in [0.1, 0.15) is 0 Å². The van der Waals surface area contributed by atoms with Crippen molar-refractivity contribution in [3.05, 3.63) is 0 Å². The molecule has 1 aliphatic heterocycles. The summed E-state index contributed by atoms with van der Waals surface area (Å²) in [6.45, 7) is 10.4. The largest absolute Gasteiger partial charge is 0.481 e. The number of nitrogens with zero attached hydrogens (tertiary/aromatic N) is 2. The summed E-state index contributed by atoms with van der Waals surface area (Å²) < 4.78 is 0. The number of carbonyl (C=O) groups is 1. The third-order valence-electron chi connectivity index (χ3n) is 5.47. The predicted molar refractivity (Wildman–Crippen MR) is 80.8 cm³/mol. The number of rotatable bonds is 3. The highest BCUT2D eigenvalue weighted by Gasteiger charge is 2.44. The molecule has 2 aliphatic rings. The van der Waals surface area contributed by atoms with Crippen LogP contribution in [0.1, 0.15) is 46.5 Å². The fourth-order valence-corrected chi connectivity index (χ4v) is 3.97. The molecule has 1 heterocycles. The van der Waals surface area contributed by atoms with Gasteiger partial charge in [-0.2, -0.15) is 0 Å². The first-order chi connectivity index (χ1) is 9.25. The lowest BCUT2D eigenvalue weighted by Gasteiger charge is -2.48. The molecule has 1 aliphatic carbocycles. The van der Waals surface area contributed by atoms with Crippen molar-refractivity contribution in [1.29, 1.82) is 0 Å². The summed E-state index contributed by atoms with van der Waals surface area (Å²) in [4.78, 5) is 16.6. The molecule has 116 valence electrons. The molecular weight excluding hydrogens is 252 g/mol. The van der Waals surface area contributed by atoms with E-state index in [1.165, 1.54) is 6.42 Å². The molecule has 4 heteroatoms. The van der Waals surface area contributed by atoms with Crippen molar-refractivity contribution in [3.8, 4) is 0 Å². The first-order valence-electron chi connectivity index (χ1n) is 7.92. The van der Waals surface area contributed by atoms with Gasteiger partial charge >= 0.3 is 5.97 Å². The SMILES string of the molecule is CC1CCCC(CN2CCN(C)C(C)(C)C2)(C(=O)O)C1. The lowest BCUT2D eigenvalue weighted by atomic mass is 9.69. The maximum Gasteiger partial charge on any atom is 0.310 e. The quantitative estimate of drug-likeness (QED) is 0.862. The van der Waals surface area contributed by atoms with Gasteiger partial charge in [0, 0.05) is 31.7 Å². The summed E-state index contributed by atoms with van der Waals surface area (Å²) in [6, 6.07) is 0. The van der Waals surface area contributed by atoms with E-state index in [0.717, 1.165) is 45.4 Å². The van der Waals surface area contributed by atoms with Gasteiger partial charge in [-0.3, -0.25) is 14.6 Å². The Kier molecular flexibility index (Phi) is 4.45. The molecule has 0 radical (unpaired) electrons. The Morgan fingerprint density at radius 1 is 1.35 bits per heavy atom. The number of piperazine rings is 1. The van der Waals surface area contributed by atoms with Gasteiger partial charge in [-0.1, -0.05) is 19.8 Å². The minimum atomic E-state index is -0.583. The van der Waals surface area contributed by atoms with Crippen molar-refractivity contribution >= 4 is 5.97 Å². The first-order valence-corrected chi connectivity index (χ1v) is 7.92. The van der Waals surface area contributed by atoms with Gasteiger partial charge in [0.15, 0.2) is 0 Å². The van der Waals surface area contributed by atoms with Gasteiger partial charge in [0.05, 0.1) is 5.41 Å². The summed E-state index contributed by atoms with van der Waals surface area (Å²) in [5.74, 6) is -0.0406. The molecule has 20 heavy (non-hydrogen) atoms. The second-order valence-corrected chi connectivity index (χ2v) is 7.73. The molecule has 0 spiro atoms. The van der Waals surface area contributed by atoms with Crippen LogP contribution in [0.25, 0.3) is 0 Å². The third-order valence-corrected chi connectivity index (χ3v) is 5.47. The van der Waals surface area contributed by atoms with Crippen molar-refractivity contribution in [2.75, 3.05) is 33.2 Å².